The molecule has 0 saturated heterocycles. The molecule has 0 saturated carbocycles. The van der Waals surface area contributed by atoms with Crippen molar-refractivity contribution < 1.29 is 19.4 Å². The summed E-state index contributed by atoms with van der Waals surface area (Å²) < 4.78 is 5.41. The van der Waals surface area contributed by atoms with Crippen molar-refractivity contribution >= 4 is 23.2 Å². The largest absolute Gasteiger partial charge is 0.493 e. The quantitative estimate of drug-likeness (QED) is 0.525. The van der Waals surface area contributed by atoms with Gasteiger partial charge in [0.2, 0.25) is 11.8 Å². The van der Waals surface area contributed by atoms with Crippen LogP contribution < -0.4 is 0 Å². The first kappa shape index (κ1) is 22.0. The van der Waals surface area contributed by atoms with Crippen LogP contribution in [0, 0.1) is 24.2 Å². The zero-order valence-corrected chi connectivity index (χ0v) is 16.9. The number of thiazole rings is 1. The fourth-order valence-electron chi connectivity index (χ4n) is 2.78. The molecule has 0 radical (unpaired) electrons. The SMILES string of the molecule is C#CC(CC)CC(=O)N(C)C(CC(OC(C)=O)c1nc(O)cs1)C(C)C. The zero-order chi connectivity index (χ0) is 19.9. The second kappa shape index (κ2) is 10.2. The van der Waals surface area contributed by atoms with E-state index in [1.807, 2.05) is 20.8 Å². The van der Waals surface area contributed by atoms with Gasteiger partial charge in [0.15, 0.2) is 6.10 Å². The minimum atomic E-state index is -0.615. The summed E-state index contributed by atoms with van der Waals surface area (Å²) >= 11 is 1.22. The van der Waals surface area contributed by atoms with Crippen molar-refractivity contribution in [3.8, 4) is 18.2 Å². The zero-order valence-electron chi connectivity index (χ0n) is 16.1. The first-order chi connectivity index (χ1) is 12.2. The van der Waals surface area contributed by atoms with Crippen LogP contribution in [-0.4, -0.2) is 40.0 Å². The molecule has 1 N–H and O–H groups in total. The molecular weight excluding hydrogens is 352 g/mol. The first-order valence-electron chi connectivity index (χ1n) is 8.72. The number of carbonyl (C=O) groups is 2. The molecule has 1 amide bonds. The Hall–Kier alpha value is -2.07. The number of aromatic nitrogens is 1. The van der Waals surface area contributed by atoms with Crippen LogP contribution in [0.15, 0.2) is 5.38 Å². The molecule has 7 heteroatoms. The number of hydrogen-bond donors (Lipinski definition) is 1. The van der Waals surface area contributed by atoms with Crippen LogP contribution in [0.5, 0.6) is 5.88 Å². The third-order valence-electron chi connectivity index (χ3n) is 4.36. The first-order valence-corrected chi connectivity index (χ1v) is 9.60. The van der Waals surface area contributed by atoms with Crippen LogP contribution in [0.25, 0.3) is 0 Å². The Kier molecular flexibility index (Phi) is 8.59. The third-order valence-corrected chi connectivity index (χ3v) is 5.28. The summed E-state index contributed by atoms with van der Waals surface area (Å²) in [5.41, 5.74) is 0. The molecule has 1 aromatic rings. The van der Waals surface area contributed by atoms with E-state index < -0.39 is 12.1 Å². The predicted molar refractivity (Wildman–Crippen MR) is 102 cm³/mol. The van der Waals surface area contributed by atoms with E-state index in [-0.39, 0.29) is 29.7 Å². The maximum Gasteiger partial charge on any atom is 0.303 e. The van der Waals surface area contributed by atoms with Crippen LogP contribution in [0.1, 0.15) is 58.1 Å². The lowest BCUT2D eigenvalue weighted by Crippen LogP contribution is -2.42. The second-order valence-corrected chi connectivity index (χ2v) is 7.56. The maximum atomic E-state index is 12.6. The van der Waals surface area contributed by atoms with E-state index in [4.69, 9.17) is 11.2 Å². The van der Waals surface area contributed by atoms with E-state index in [2.05, 4.69) is 10.9 Å². The third kappa shape index (κ3) is 6.34. The van der Waals surface area contributed by atoms with Crippen LogP contribution in [0.4, 0.5) is 0 Å². The van der Waals surface area contributed by atoms with Crippen LogP contribution in [0.2, 0.25) is 0 Å². The molecule has 144 valence electrons. The van der Waals surface area contributed by atoms with E-state index in [9.17, 15) is 14.7 Å². The van der Waals surface area contributed by atoms with Gasteiger partial charge in [0, 0.05) is 38.8 Å². The van der Waals surface area contributed by atoms with E-state index in [1.165, 1.54) is 23.6 Å². The van der Waals surface area contributed by atoms with Gasteiger partial charge in [-0.15, -0.1) is 23.7 Å². The molecule has 0 spiro atoms. The van der Waals surface area contributed by atoms with Crippen LogP contribution >= 0.6 is 11.3 Å². The summed E-state index contributed by atoms with van der Waals surface area (Å²) in [7, 11) is 1.75. The molecule has 6 nitrogen and oxygen atoms in total. The van der Waals surface area contributed by atoms with Gasteiger partial charge in [0.25, 0.3) is 0 Å². The lowest BCUT2D eigenvalue weighted by Gasteiger charge is -2.34. The normalized spacial score (nSPS) is 14.3. The summed E-state index contributed by atoms with van der Waals surface area (Å²) in [5, 5.41) is 11.5. The van der Waals surface area contributed by atoms with Crippen molar-refractivity contribution in [2.75, 3.05) is 7.05 Å². The van der Waals surface area contributed by atoms with Crippen molar-refractivity contribution in [1.82, 2.24) is 9.88 Å². The van der Waals surface area contributed by atoms with Gasteiger partial charge in [-0.05, 0) is 12.3 Å². The van der Waals surface area contributed by atoms with E-state index in [0.29, 0.717) is 17.8 Å². The van der Waals surface area contributed by atoms with Crippen molar-refractivity contribution in [2.45, 2.75) is 59.1 Å². The average molecular weight is 381 g/mol. The Morgan fingerprint density at radius 3 is 2.54 bits per heavy atom. The van der Waals surface area contributed by atoms with Gasteiger partial charge < -0.3 is 14.7 Å². The van der Waals surface area contributed by atoms with Gasteiger partial charge in [0.05, 0.1) is 5.38 Å². The molecular formula is C19H28N2O4S. The highest BCUT2D eigenvalue weighted by Crippen LogP contribution is 2.31. The van der Waals surface area contributed by atoms with Gasteiger partial charge in [-0.3, -0.25) is 9.59 Å². The molecule has 1 aromatic heterocycles. The Labute approximate surface area is 159 Å². The second-order valence-electron chi connectivity index (χ2n) is 6.67. The Balaban J connectivity index is 2.97. The highest BCUT2D eigenvalue weighted by atomic mass is 32.1. The highest BCUT2D eigenvalue weighted by Gasteiger charge is 2.30. The van der Waals surface area contributed by atoms with E-state index in [1.54, 1.807) is 11.9 Å². The number of nitrogens with zero attached hydrogens (tertiary/aromatic N) is 2. The molecule has 0 aliphatic carbocycles. The minimum absolute atomic E-state index is 0.0305. The van der Waals surface area contributed by atoms with Gasteiger partial charge in [0.1, 0.15) is 5.01 Å². The minimum Gasteiger partial charge on any atom is -0.493 e. The molecule has 26 heavy (non-hydrogen) atoms. The summed E-state index contributed by atoms with van der Waals surface area (Å²) in [5.74, 6) is 2.14. The molecule has 0 aliphatic rings. The predicted octanol–water partition coefficient (Wildman–Crippen LogP) is 3.38. The van der Waals surface area contributed by atoms with Crippen LogP contribution in [0.3, 0.4) is 0 Å². The fraction of sp³-hybridized carbons (Fsp3) is 0.632. The van der Waals surface area contributed by atoms with Crippen LogP contribution in [-0.2, 0) is 14.3 Å². The summed E-state index contributed by atoms with van der Waals surface area (Å²) in [6.45, 7) is 7.32. The smallest absolute Gasteiger partial charge is 0.303 e. The number of amides is 1. The molecule has 3 atom stereocenters. The molecule has 0 aromatic carbocycles. The molecule has 1 rings (SSSR count). The summed E-state index contributed by atoms with van der Waals surface area (Å²) in [4.78, 5) is 29.8. The van der Waals surface area contributed by atoms with Gasteiger partial charge in [-0.1, -0.05) is 20.8 Å². The summed E-state index contributed by atoms with van der Waals surface area (Å²) in [6, 6.07) is -0.159. The average Bonchev–Trinajstić information content (AvgIpc) is 3.01. The number of terminal acetylenes is 1. The summed E-state index contributed by atoms with van der Waals surface area (Å²) in [6.07, 6.45) is 6.30. The number of aromatic hydroxyl groups is 1. The lowest BCUT2D eigenvalue weighted by atomic mass is 9.95. The van der Waals surface area contributed by atoms with Gasteiger partial charge in [-0.25, -0.2) is 4.98 Å². The number of hydrogen-bond acceptors (Lipinski definition) is 6. The Morgan fingerprint density at radius 1 is 1.46 bits per heavy atom. The molecule has 0 fully saturated rings. The molecule has 1 heterocycles. The maximum absolute atomic E-state index is 12.6. The van der Waals surface area contributed by atoms with Crippen molar-refractivity contribution in [2.24, 2.45) is 11.8 Å². The number of carbonyl (C=O) groups excluding carboxylic acids is 2. The van der Waals surface area contributed by atoms with Gasteiger partial charge in [-0.2, -0.15) is 0 Å². The van der Waals surface area contributed by atoms with E-state index in [0.717, 1.165) is 6.42 Å². The number of ether oxygens (including phenoxy) is 1. The Bertz CT molecular complexity index is 650. The molecule has 0 aliphatic heterocycles. The number of rotatable bonds is 9. The van der Waals surface area contributed by atoms with Crippen molar-refractivity contribution in [3.63, 3.8) is 0 Å². The molecule has 0 bridgehead atoms. The van der Waals surface area contributed by atoms with Crippen molar-refractivity contribution in [1.29, 1.82) is 0 Å². The monoisotopic (exact) mass is 380 g/mol. The fourth-order valence-corrected chi connectivity index (χ4v) is 3.51. The van der Waals surface area contributed by atoms with E-state index >= 15 is 0 Å². The van der Waals surface area contributed by atoms with Crippen molar-refractivity contribution in [3.05, 3.63) is 10.4 Å². The molecule has 3 unspecified atom stereocenters. The lowest BCUT2D eigenvalue weighted by molar-refractivity contribution is -0.148. The number of esters is 1. The van der Waals surface area contributed by atoms with Gasteiger partial charge >= 0.3 is 5.97 Å². The highest BCUT2D eigenvalue weighted by molar-refractivity contribution is 7.09. The standard InChI is InChI=1S/C19H28N2O4S/c1-7-14(8-2)9-18(24)21(6)15(12(3)4)10-16(25-13(5)22)19-20-17(23)11-26-19/h1,11-12,14-16,23H,8-10H2,2-6H3. The Morgan fingerprint density at radius 2 is 2.12 bits per heavy atom. The topological polar surface area (TPSA) is 79.7 Å².